The van der Waals surface area contributed by atoms with Gasteiger partial charge in [0, 0.05) is 70.7 Å². The van der Waals surface area contributed by atoms with Crippen LogP contribution in [0.15, 0.2) is 29.2 Å². The lowest BCUT2D eigenvalue weighted by molar-refractivity contribution is -0.320. The number of hydrogen-bond donors (Lipinski definition) is 4. The molecule has 4 aliphatic heterocycles. The van der Waals surface area contributed by atoms with Crippen LogP contribution in [-0.2, 0) is 73.2 Å². The summed E-state index contributed by atoms with van der Waals surface area (Å²) in [6.45, 7) is 18.0. The van der Waals surface area contributed by atoms with Gasteiger partial charge in [-0.3, -0.25) is 19.1 Å². The number of carbonyl (C=O) groups is 4. The first-order valence-corrected chi connectivity index (χ1v) is 30.1. The van der Waals surface area contributed by atoms with E-state index in [0.717, 1.165) is 5.56 Å². The molecule has 0 unspecified atom stereocenters. The summed E-state index contributed by atoms with van der Waals surface area (Å²) < 4.78 is 91.6. The zero-order valence-electron chi connectivity index (χ0n) is 49.9. The lowest BCUT2D eigenvalue weighted by Gasteiger charge is -2.50. The number of fused-ring (bicyclic) bond motifs is 2. The maximum atomic E-state index is 14.8. The van der Waals surface area contributed by atoms with E-state index in [1.54, 1.807) is 91.4 Å². The zero-order chi connectivity index (χ0) is 60.1. The number of carboxylic acid groups (broad SMARTS) is 1. The van der Waals surface area contributed by atoms with E-state index in [4.69, 9.17) is 47.4 Å². The van der Waals surface area contributed by atoms with E-state index in [1.807, 2.05) is 26.8 Å². The lowest BCUT2D eigenvalue weighted by atomic mass is 9.74. The molecule has 4 aliphatic rings. The van der Waals surface area contributed by atoms with Gasteiger partial charge in [-0.25, -0.2) is 18.0 Å². The average molecular weight is 1170 g/mol. The number of carbonyl (C=O) groups excluding carboxylic acids is 3. The lowest BCUT2D eigenvalue weighted by Crippen LogP contribution is -2.61. The van der Waals surface area contributed by atoms with Crippen molar-refractivity contribution >= 4 is 44.6 Å². The number of aromatic nitrogens is 1. The van der Waals surface area contributed by atoms with Crippen LogP contribution in [0.25, 0.3) is 10.9 Å². The Hall–Kier alpha value is -4.34. The van der Waals surface area contributed by atoms with Gasteiger partial charge in [0.1, 0.15) is 29.7 Å². The molecule has 0 saturated carbocycles. The standard InChI is InChI=1S/C57H90N4O19S/c1-16-42-57(10)49(79-54(68)80-57)33(4)44(62)31(2)28-55(8,71-14)48(78-53-46(64)40(58-11)26-32(3)74-53)34(5)47(35(6)52(67)76-42)77-43-29-56(9,72-15)50(36(7)75-43)73-23-25-81(69,70)24-22-59-21-17-18-37-19-20-41-38(27-37)45(63)39(51(65)66)30-61(41)60(12)13/h19-20,27,30-36,40,42-43,46-50,53,58-59,64H,16-18,21-26,28-29H2,1-15H3,(H,65,66)/t31-,32-,33-,34+,35-,36+,40+,42-,43+,46-,47+,48-,49-,50+,53+,55-,56-,57-/m1/s1. The van der Waals surface area contributed by atoms with E-state index in [9.17, 15) is 42.6 Å². The molecule has 0 bridgehead atoms. The molecule has 458 valence electrons. The molecule has 23 nitrogen and oxygen atoms in total. The Morgan fingerprint density at radius 3 is 2.21 bits per heavy atom. The highest BCUT2D eigenvalue weighted by Crippen LogP contribution is 2.44. The third-order valence-corrected chi connectivity index (χ3v) is 18.9. The molecule has 1 aromatic heterocycles. The molecule has 6 rings (SSSR count). The first-order valence-electron chi connectivity index (χ1n) is 28.3. The van der Waals surface area contributed by atoms with Crippen LogP contribution in [0.5, 0.6) is 0 Å². The molecular weight excluding hydrogens is 1080 g/mol. The van der Waals surface area contributed by atoms with Crippen LogP contribution < -0.4 is 21.1 Å². The van der Waals surface area contributed by atoms with Gasteiger partial charge in [-0.2, -0.15) is 0 Å². The maximum absolute atomic E-state index is 14.8. The zero-order valence-corrected chi connectivity index (χ0v) is 50.7. The number of Topliss-reactive ketones (excluding diaryl/α,β-unsaturated/α-hetero) is 1. The summed E-state index contributed by atoms with van der Waals surface area (Å²) in [5.41, 5.74) is -3.45. The highest BCUT2D eigenvalue weighted by atomic mass is 32.2. The van der Waals surface area contributed by atoms with Gasteiger partial charge in [0.25, 0.3) is 0 Å². The summed E-state index contributed by atoms with van der Waals surface area (Å²) in [6.07, 6.45) is -7.14. The van der Waals surface area contributed by atoms with E-state index < -0.39 is 135 Å². The quantitative estimate of drug-likeness (QED) is 0.101. The van der Waals surface area contributed by atoms with Gasteiger partial charge in [0.2, 0.25) is 5.43 Å². The number of likely N-dealkylation sites (N-methyl/N-ethyl adjacent to an activating group) is 1. The molecule has 4 N–H and O–H groups in total. The molecular formula is C57H90N4O19S. The number of aryl methyl sites for hydroxylation is 1. The Morgan fingerprint density at radius 1 is 0.901 bits per heavy atom. The van der Waals surface area contributed by atoms with Crippen molar-refractivity contribution in [2.45, 2.75) is 192 Å². The first kappa shape index (κ1) is 65.8. The fraction of sp³-hybridized carbons (Fsp3) is 0.772. The van der Waals surface area contributed by atoms with Gasteiger partial charge in [0.15, 0.2) is 34.1 Å². The van der Waals surface area contributed by atoms with Crippen LogP contribution in [0.1, 0.15) is 117 Å². The van der Waals surface area contributed by atoms with Crippen LogP contribution in [-0.4, -0.2) is 198 Å². The van der Waals surface area contributed by atoms with Crippen LogP contribution >= 0.6 is 0 Å². The number of rotatable bonds is 21. The van der Waals surface area contributed by atoms with Gasteiger partial charge in [-0.05, 0) is 105 Å². The number of methoxy groups -OCH3 is 2. The monoisotopic (exact) mass is 1170 g/mol. The third kappa shape index (κ3) is 14.8. The molecule has 2 aromatic rings. The second-order valence-electron chi connectivity index (χ2n) is 23.5. The summed E-state index contributed by atoms with van der Waals surface area (Å²) >= 11 is 0. The fourth-order valence-electron chi connectivity index (χ4n) is 12.5. The molecule has 4 fully saturated rings. The molecule has 4 saturated heterocycles. The Morgan fingerprint density at radius 2 is 1.58 bits per heavy atom. The molecule has 81 heavy (non-hydrogen) atoms. The molecule has 0 spiro atoms. The number of ketones is 1. The number of cyclic esters (lactones) is 1. The van der Waals surface area contributed by atoms with Gasteiger partial charge < -0.3 is 73.2 Å². The molecule has 18 atom stereocenters. The van der Waals surface area contributed by atoms with Crippen LogP contribution in [0.4, 0.5) is 4.79 Å². The van der Waals surface area contributed by atoms with Gasteiger partial charge in [-0.1, -0.05) is 33.8 Å². The van der Waals surface area contributed by atoms with E-state index in [0.29, 0.717) is 36.7 Å². The van der Waals surface area contributed by atoms with Gasteiger partial charge in [0.05, 0.1) is 71.1 Å². The third-order valence-electron chi connectivity index (χ3n) is 17.2. The number of aliphatic hydroxyl groups excluding tert-OH is 1. The van der Waals surface area contributed by atoms with Crippen molar-refractivity contribution in [3.8, 4) is 0 Å². The number of aliphatic hydroxyl groups is 1. The SMILES string of the molecule is CC[C@H]1OC(=O)[C@H](C)[C@@H](O[C@H]2C[C@@](C)(OC)[C@@H](OCCS(=O)(=O)CCNCCCc3ccc4c(c3)c(=O)c(C(=O)O)cn4N(C)C)[C@H](C)O2)[C@H](C)[C@@H](O[C@@H]2O[C@H](C)C[C@H](NC)[C@H]2O)[C@](C)(OC)C[C@@H](C)C(=O)[C@@H](C)[C@H]2OC(=O)O[C@@]21C. The normalized spacial score (nSPS) is 36.3. The van der Waals surface area contributed by atoms with Crippen LogP contribution in [0.2, 0.25) is 0 Å². The topological polar surface area (TPSA) is 284 Å². The number of benzene rings is 1. The van der Waals surface area contributed by atoms with Crippen molar-refractivity contribution in [2.75, 3.05) is 71.6 Å². The summed E-state index contributed by atoms with van der Waals surface area (Å²) in [4.78, 5) is 67.0. The van der Waals surface area contributed by atoms with Crippen molar-refractivity contribution in [1.29, 1.82) is 0 Å². The summed E-state index contributed by atoms with van der Waals surface area (Å²) in [5.74, 6) is -6.19. The van der Waals surface area contributed by atoms with E-state index in [-0.39, 0.29) is 61.4 Å². The molecule has 1 aromatic carbocycles. The largest absolute Gasteiger partial charge is 0.509 e. The number of pyridine rings is 1. The van der Waals surface area contributed by atoms with Crippen molar-refractivity contribution < 1.29 is 85.2 Å². The first-order chi connectivity index (χ1) is 38.0. The summed E-state index contributed by atoms with van der Waals surface area (Å²) in [5, 5.41) is 29.6. The van der Waals surface area contributed by atoms with Crippen molar-refractivity contribution in [1.82, 2.24) is 15.3 Å². The Bertz CT molecular complexity index is 2690. The van der Waals surface area contributed by atoms with Crippen molar-refractivity contribution in [2.24, 2.45) is 23.7 Å². The van der Waals surface area contributed by atoms with Gasteiger partial charge in [-0.15, -0.1) is 0 Å². The number of esters is 1. The van der Waals surface area contributed by atoms with Gasteiger partial charge >= 0.3 is 18.1 Å². The van der Waals surface area contributed by atoms with Crippen molar-refractivity contribution in [3.63, 3.8) is 0 Å². The van der Waals surface area contributed by atoms with E-state index in [1.165, 1.54) is 20.4 Å². The fourth-order valence-corrected chi connectivity index (χ4v) is 13.5. The number of aromatic carboxylic acids is 1. The number of hydrogen-bond acceptors (Lipinski definition) is 21. The Labute approximate surface area is 476 Å². The molecule has 5 heterocycles. The number of carboxylic acids is 1. The highest BCUT2D eigenvalue weighted by molar-refractivity contribution is 7.91. The minimum absolute atomic E-state index is 0.0593. The molecule has 0 amide bonds. The van der Waals surface area contributed by atoms with Crippen molar-refractivity contribution in [3.05, 3.63) is 45.7 Å². The number of nitrogens with one attached hydrogen (secondary N) is 2. The summed E-state index contributed by atoms with van der Waals surface area (Å²) in [7, 11) is 4.65. The predicted molar refractivity (Wildman–Crippen MR) is 298 cm³/mol. The Balaban J connectivity index is 1.16. The van der Waals surface area contributed by atoms with Crippen LogP contribution in [0, 0.1) is 23.7 Å². The Kier molecular flexibility index (Phi) is 22.0. The second-order valence-corrected chi connectivity index (χ2v) is 25.8. The minimum Gasteiger partial charge on any atom is -0.477 e. The number of nitrogens with zero attached hydrogens (tertiary/aromatic N) is 2. The second kappa shape index (κ2) is 27.1. The predicted octanol–water partition coefficient (Wildman–Crippen LogP) is 4.15. The van der Waals surface area contributed by atoms with E-state index in [2.05, 4.69) is 10.6 Å². The average Bonchev–Trinajstić information content (AvgIpc) is 3.98. The molecule has 0 aliphatic carbocycles. The maximum Gasteiger partial charge on any atom is 0.509 e. The van der Waals surface area contributed by atoms with Crippen LogP contribution in [0.3, 0.4) is 0 Å². The summed E-state index contributed by atoms with van der Waals surface area (Å²) in [6, 6.07) is 4.98. The smallest absolute Gasteiger partial charge is 0.477 e. The molecule has 0 radical (unpaired) electrons. The molecule has 24 heteroatoms. The number of ether oxygens (including phenoxy) is 10. The number of sulfone groups is 1. The van der Waals surface area contributed by atoms with E-state index >= 15 is 0 Å². The highest BCUT2D eigenvalue weighted by Gasteiger charge is 2.60. The minimum atomic E-state index is -3.60.